The monoisotopic (exact) mass is 576 g/mol. The first kappa shape index (κ1) is 27.4. The topological polar surface area (TPSA) is 114 Å². The number of aliphatic imine (C=N–C) groups is 1. The Labute approximate surface area is 240 Å². The van der Waals surface area contributed by atoms with Gasteiger partial charge in [0.05, 0.1) is 39.4 Å². The van der Waals surface area contributed by atoms with Gasteiger partial charge in [0.1, 0.15) is 0 Å². The first-order valence-electron chi connectivity index (χ1n) is 12.7. The van der Waals surface area contributed by atoms with Crippen LogP contribution in [0.5, 0.6) is 0 Å². The second-order valence-electron chi connectivity index (χ2n) is 9.04. The predicted molar refractivity (Wildman–Crippen MR) is 156 cm³/mol. The van der Waals surface area contributed by atoms with Crippen molar-refractivity contribution in [1.29, 1.82) is 0 Å². The summed E-state index contributed by atoms with van der Waals surface area (Å²) in [4.78, 5) is 43.7. The van der Waals surface area contributed by atoms with Gasteiger partial charge in [0.25, 0.3) is 11.6 Å². The number of hydrogen-bond donors (Lipinski definition) is 1. The van der Waals surface area contributed by atoms with Crippen molar-refractivity contribution < 1.29 is 19.2 Å². The fraction of sp³-hybridized carbons (Fsp3) is 0.207. The van der Waals surface area contributed by atoms with Crippen LogP contribution in [-0.4, -0.2) is 45.8 Å². The Morgan fingerprint density at radius 1 is 1.15 bits per heavy atom. The molecule has 3 aromatic rings. The molecule has 1 amide bonds. The number of nitrogens with zero attached hydrogens (tertiary/aromatic N) is 3. The number of thioether (sulfide) groups is 1. The minimum absolute atomic E-state index is 0.0161. The maximum atomic E-state index is 13.4. The number of non-ortho nitro benzene ring substituents is 1. The molecular weight excluding hydrogens is 552 g/mol. The number of carbonyl (C=O) groups excluding carboxylic acids is 2. The second kappa shape index (κ2) is 11.9. The number of ether oxygens (including phenoxy) is 1. The molecule has 2 aliphatic rings. The molecule has 0 bridgehead atoms. The summed E-state index contributed by atoms with van der Waals surface area (Å²) in [5, 5.41) is 14.6. The number of carbonyl (C=O) groups is 2. The Bertz CT molecular complexity index is 1530. The Morgan fingerprint density at radius 2 is 1.90 bits per heavy atom. The van der Waals surface area contributed by atoms with E-state index >= 15 is 0 Å². The number of nitro benzene ring substituents is 1. The van der Waals surface area contributed by atoms with Crippen LogP contribution in [0.4, 0.5) is 11.4 Å². The van der Waals surface area contributed by atoms with E-state index in [0.29, 0.717) is 17.0 Å². The fourth-order valence-electron chi connectivity index (χ4n) is 4.68. The largest absolute Gasteiger partial charge is 0.463 e. The van der Waals surface area contributed by atoms with Crippen LogP contribution < -0.4 is 5.32 Å². The third-order valence-corrected chi connectivity index (χ3v) is 7.89. The van der Waals surface area contributed by atoms with Crippen LogP contribution in [0.25, 0.3) is 5.70 Å². The molecule has 1 fully saturated rings. The zero-order valence-electron chi connectivity index (χ0n) is 21.5. The Balaban J connectivity index is 1.49. The Morgan fingerprint density at radius 3 is 2.58 bits per heavy atom. The number of amidine groups is 1. The first-order chi connectivity index (χ1) is 19.4. The summed E-state index contributed by atoms with van der Waals surface area (Å²) in [7, 11) is 0. The summed E-state index contributed by atoms with van der Waals surface area (Å²) >= 11 is 7.79. The van der Waals surface area contributed by atoms with Crippen molar-refractivity contribution in [2.24, 2.45) is 4.99 Å². The molecule has 11 heteroatoms. The van der Waals surface area contributed by atoms with E-state index in [4.69, 9.17) is 21.3 Å². The number of halogens is 1. The number of amides is 1. The Kier molecular flexibility index (Phi) is 8.18. The highest BCUT2D eigenvalue weighted by molar-refractivity contribution is 8.13. The molecule has 3 aromatic carbocycles. The lowest BCUT2D eigenvalue weighted by atomic mass is 9.91. The molecule has 0 radical (unpaired) electrons. The highest BCUT2D eigenvalue weighted by atomic mass is 35.5. The van der Waals surface area contributed by atoms with Crippen molar-refractivity contribution in [2.45, 2.75) is 19.4 Å². The van der Waals surface area contributed by atoms with E-state index < -0.39 is 22.8 Å². The second-order valence-corrected chi connectivity index (χ2v) is 10.5. The van der Waals surface area contributed by atoms with Crippen LogP contribution in [0.15, 0.2) is 83.4 Å². The molecule has 9 nitrogen and oxygen atoms in total. The van der Waals surface area contributed by atoms with Gasteiger partial charge in [0.2, 0.25) is 0 Å². The number of rotatable bonds is 7. The van der Waals surface area contributed by atoms with E-state index in [-0.39, 0.29) is 22.9 Å². The number of benzene rings is 3. The zero-order chi connectivity index (χ0) is 28.2. The van der Waals surface area contributed by atoms with Crippen LogP contribution in [0, 0.1) is 10.1 Å². The summed E-state index contributed by atoms with van der Waals surface area (Å²) in [6, 6.07) is 20.1. The average Bonchev–Trinajstić information content (AvgIpc) is 2.97. The van der Waals surface area contributed by atoms with Crippen LogP contribution in [-0.2, 0) is 9.53 Å². The maximum absolute atomic E-state index is 13.4. The highest BCUT2D eigenvalue weighted by Gasteiger charge is 2.39. The molecule has 2 aliphatic heterocycles. The number of nitrogens with one attached hydrogen (secondary N) is 1. The van der Waals surface area contributed by atoms with Crippen molar-refractivity contribution in [1.82, 2.24) is 4.90 Å². The number of nitro groups is 1. The van der Waals surface area contributed by atoms with Crippen LogP contribution in [0.2, 0.25) is 5.02 Å². The van der Waals surface area contributed by atoms with Crippen LogP contribution >= 0.6 is 23.4 Å². The number of hydrogen-bond acceptors (Lipinski definition) is 8. The third-order valence-electron chi connectivity index (χ3n) is 6.50. The third kappa shape index (κ3) is 5.59. The average molecular weight is 577 g/mol. The molecule has 1 N–H and O–H groups in total. The van der Waals surface area contributed by atoms with E-state index in [1.165, 1.54) is 12.1 Å². The van der Waals surface area contributed by atoms with Gasteiger partial charge in [-0.15, -0.1) is 0 Å². The van der Waals surface area contributed by atoms with Gasteiger partial charge < -0.3 is 15.0 Å². The summed E-state index contributed by atoms with van der Waals surface area (Å²) in [5.74, 6) is 0.0234. The molecule has 0 saturated carbocycles. The molecule has 0 aromatic heterocycles. The number of anilines is 1. The SMILES string of the molecule is CCOC(=O)C1=C(c2ccccc2)N=C2SCCCN2C1c1ccc(NC(=O)c2ccc([N+](=O)[O-])cc2Cl)cc1. The van der Waals surface area contributed by atoms with Crippen molar-refractivity contribution in [3.05, 3.63) is 110 Å². The number of esters is 1. The lowest BCUT2D eigenvalue weighted by molar-refractivity contribution is -0.384. The van der Waals surface area contributed by atoms with Gasteiger partial charge in [0.15, 0.2) is 5.17 Å². The lowest BCUT2D eigenvalue weighted by Gasteiger charge is -2.41. The molecule has 5 rings (SSSR count). The molecule has 0 spiro atoms. The van der Waals surface area contributed by atoms with Gasteiger partial charge in [-0.25, -0.2) is 9.79 Å². The molecule has 0 aliphatic carbocycles. The minimum Gasteiger partial charge on any atom is -0.463 e. The molecule has 1 atom stereocenters. The van der Waals surface area contributed by atoms with E-state index in [2.05, 4.69) is 10.2 Å². The van der Waals surface area contributed by atoms with E-state index in [0.717, 1.165) is 41.1 Å². The van der Waals surface area contributed by atoms with E-state index in [1.54, 1.807) is 30.8 Å². The lowest BCUT2D eigenvalue weighted by Crippen LogP contribution is -2.42. The van der Waals surface area contributed by atoms with Crippen molar-refractivity contribution in [2.75, 3.05) is 24.2 Å². The van der Waals surface area contributed by atoms with Gasteiger partial charge in [-0.3, -0.25) is 14.9 Å². The Hall–Kier alpha value is -4.15. The van der Waals surface area contributed by atoms with Crippen LogP contribution in [0.3, 0.4) is 0 Å². The summed E-state index contributed by atoms with van der Waals surface area (Å²) in [5.41, 5.74) is 3.16. The molecule has 204 valence electrons. The van der Waals surface area contributed by atoms with Crippen molar-refractivity contribution >= 4 is 57.5 Å². The maximum Gasteiger partial charge on any atom is 0.338 e. The molecule has 2 heterocycles. The highest BCUT2D eigenvalue weighted by Crippen LogP contribution is 2.43. The van der Waals surface area contributed by atoms with Gasteiger partial charge >= 0.3 is 5.97 Å². The quantitative estimate of drug-likeness (QED) is 0.199. The smallest absolute Gasteiger partial charge is 0.338 e. The van der Waals surface area contributed by atoms with E-state index in [9.17, 15) is 19.7 Å². The van der Waals surface area contributed by atoms with Crippen molar-refractivity contribution in [3.63, 3.8) is 0 Å². The summed E-state index contributed by atoms with van der Waals surface area (Å²) in [6.07, 6.45) is 0.946. The normalized spacial score (nSPS) is 16.6. The fourth-order valence-corrected chi connectivity index (χ4v) is 5.92. The molecule has 40 heavy (non-hydrogen) atoms. The minimum atomic E-state index is -0.573. The van der Waals surface area contributed by atoms with Gasteiger partial charge in [-0.2, -0.15) is 0 Å². The summed E-state index contributed by atoms with van der Waals surface area (Å²) in [6.45, 7) is 2.75. The van der Waals surface area contributed by atoms with Gasteiger partial charge in [-0.05, 0) is 37.1 Å². The standard InChI is InChI=1S/C29H25ClN4O5S/c1-2-39-28(36)24-25(18-7-4-3-5-8-18)32-29-33(15-6-16-40-29)26(24)19-9-11-20(12-10-19)31-27(35)22-14-13-21(34(37)38)17-23(22)30/h3-5,7-14,17,26H,2,6,15-16H2,1H3,(H,31,35). The van der Waals surface area contributed by atoms with Gasteiger partial charge in [0, 0.05) is 35.7 Å². The van der Waals surface area contributed by atoms with Crippen LogP contribution in [0.1, 0.15) is 40.9 Å². The van der Waals surface area contributed by atoms with Crippen molar-refractivity contribution in [3.8, 4) is 0 Å². The number of fused-ring (bicyclic) bond motifs is 1. The molecule has 1 unspecified atom stereocenters. The molecular formula is C29H25ClN4O5S. The van der Waals surface area contributed by atoms with Gasteiger partial charge in [-0.1, -0.05) is 65.8 Å². The zero-order valence-corrected chi connectivity index (χ0v) is 23.1. The predicted octanol–water partition coefficient (Wildman–Crippen LogP) is 6.32. The first-order valence-corrected chi connectivity index (χ1v) is 14.0. The molecule has 1 saturated heterocycles. The summed E-state index contributed by atoms with van der Waals surface area (Å²) < 4.78 is 5.51. The van der Waals surface area contributed by atoms with E-state index in [1.807, 2.05) is 42.5 Å².